The van der Waals surface area contributed by atoms with E-state index in [1.165, 1.54) is 6.41 Å². The Morgan fingerprint density at radius 1 is 1.23 bits per heavy atom. The van der Waals surface area contributed by atoms with Crippen LogP contribution < -0.4 is 15.4 Å². The van der Waals surface area contributed by atoms with E-state index in [4.69, 9.17) is 14.6 Å². The number of hydrogen-bond donors (Lipinski definition) is 3. The zero-order valence-electron chi connectivity index (χ0n) is 14.8. The van der Waals surface area contributed by atoms with Crippen LogP contribution >= 0.6 is 0 Å². The Labute approximate surface area is 146 Å². The van der Waals surface area contributed by atoms with Crippen molar-refractivity contribution in [1.82, 2.24) is 10.6 Å². The van der Waals surface area contributed by atoms with E-state index in [0.717, 1.165) is 5.56 Å². The van der Waals surface area contributed by atoms with E-state index in [-0.39, 0.29) is 19.6 Å². The molecular formula is C17H23FmN2O6-. The first kappa shape index (κ1) is 22.2. The van der Waals surface area contributed by atoms with E-state index >= 15 is 0 Å². The fraction of sp³-hybridized carbons (Fsp3) is 0.471. The molecular weight excluding hydrogens is 585 g/mol. The van der Waals surface area contributed by atoms with Crippen molar-refractivity contribution in [3.8, 4) is 5.75 Å². The summed E-state index contributed by atoms with van der Waals surface area (Å²) in [5.41, 5.74) is 0.180. The predicted molar refractivity (Wildman–Crippen MR) is 90.1 cm³/mol. The Hall–Kier alpha value is -3.77. The van der Waals surface area contributed by atoms with Crippen LogP contribution in [0.3, 0.4) is 0 Å². The van der Waals surface area contributed by atoms with Gasteiger partial charge in [0.1, 0.15) is 24.0 Å². The summed E-state index contributed by atoms with van der Waals surface area (Å²) in [6, 6.07) is 5.76. The molecule has 0 aliphatic heterocycles. The second-order valence-electron chi connectivity index (χ2n) is 6.26. The maximum Gasteiger partial charge on any atom is 0.407 e. The standard InChI is InChI=1S/C17H23N2O6.Fm/c1-17(2,3)25-16(23)18-8-9-24-13-6-4-12(5-7-13)10-14(15(21)22)19-11-20;/h4-7,14H,8-10H2,1-3H3,(H,18,23)(H,19,20)(H,21,22);/q-1;. The summed E-state index contributed by atoms with van der Waals surface area (Å²) in [4.78, 5) is 32.7. The Morgan fingerprint density at radius 2 is 1.85 bits per heavy atom. The summed E-state index contributed by atoms with van der Waals surface area (Å²) < 4.78 is 10.6. The van der Waals surface area contributed by atoms with Gasteiger partial charge in [-0.2, -0.15) is 6.41 Å². The number of carbonyl (C=O) groups is 2. The van der Waals surface area contributed by atoms with Crippen molar-refractivity contribution in [2.24, 2.45) is 0 Å². The van der Waals surface area contributed by atoms with Crippen LogP contribution in [-0.2, 0) is 20.7 Å². The van der Waals surface area contributed by atoms with Gasteiger partial charge in [0.2, 0.25) is 0 Å². The second kappa shape index (κ2) is 10.2. The molecule has 1 aromatic carbocycles. The third-order valence-electron chi connectivity index (χ3n) is 2.93. The van der Waals surface area contributed by atoms with Crippen molar-refractivity contribution in [2.75, 3.05) is 13.2 Å². The first-order valence-electron chi connectivity index (χ1n) is 7.75. The van der Waals surface area contributed by atoms with Gasteiger partial charge in [-0.15, -0.1) is 0 Å². The summed E-state index contributed by atoms with van der Waals surface area (Å²) in [7, 11) is 0. The number of benzene rings is 1. The molecule has 0 fully saturated rings. The van der Waals surface area contributed by atoms with Crippen LogP contribution in [0, 0.1) is 0 Å². The van der Waals surface area contributed by atoms with Gasteiger partial charge in [0.15, 0.2) is 0 Å². The normalized spacial score (nSPS) is 11.5. The first-order valence-corrected chi connectivity index (χ1v) is 7.75. The number of alkyl carbamates (subject to hydrolysis) is 1. The number of aliphatic carboxylic acids is 1. The van der Waals surface area contributed by atoms with E-state index in [0.29, 0.717) is 5.75 Å². The van der Waals surface area contributed by atoms with Gasteiger partial charge in [0.05, 0.1) is 6.54 Å². The average molecular weight is 608 g/mol. The van der Waals surface area contributed by atoms with E-state index in [9.17, 15) is 14.4 Å². The molecule has 0 aliphatic carbocycles. The minimum absolute atomic E-state index is 0. The van der Waals surface area contributed by atoms with E-state index < -0.39 is 23.7 Å². The number of carboxylic acid groups (broad SMARTS) is 1. The zero-order valence-corrected chi connectivity index (χ0v) is 17.2. The van der Waals surface area contributed by atoms with Gasteiger partial charge in [0, 0.05) is 6.42 Å². The summed E-state index contributed by atoms with van der Waals surface area (Å²) >= 11 is 0. The quantitative estimate of drug-likeness (QED) is 0.221. The largest absolute Gasteiger partial charge is 0.520 e. The third kappa shape index (κ3) is 8.76. The van der Waals surface area contributed by atoms with Crippen LogP contribution in [0.1, 0.15) is 26.3 Å². The summed E-state index contributed by atoms with van der Waals surface area (Å²) in [6.45, 7) is 5.89. The topological polar surface area (TPSA) is 114 Å². The van der Waals surface area contributed by atoms with Crippen LogP contribution in [0.2, 0.25) is 0 Å². The Balaban J connectivity index is 0.00000625. The first-order chi connectivity index (χ1) is 11.7. The van der Waals surface area contributed by atoms with Crippen molar-refractivity contribution < 1.29 is 29.0 Å². The summed E-state index contributed by atoms with van der Waals surface area (Å²) in [5.74, 6) is -0.548. The molecule has 1 atom stereocenters. The Kier molecular flexibility index (Phi) is 8.69. The molecule has 1 unspecified atom stereocenters. The monoisotopic (exact) mass is 608 g/mol. The predicted octanol–water partition coefficient (Wildman–Crippen LogP) is 1.24. The number of ether oxygens (including phenoxy) is 2. The van der Waals surface area contributed by atoms with Gasteiger partial charge < -0.3 is 30.0 Å². The summed E-state index contributed by atoms with van der Waals surface area (Å²) in [5, 5.41) is 13.7. The smallest absolute Gasteiger partial charge is 0.407 e. The van der Waals surface area contributed by atoms with Crippen molar-refractivity contribution in [1.29, 1.82) is 0 Å². The molecule has 1 aromatic rings. The van der Waals surface area contributed by atoms with Crippen molar-refractivity contribution in [2.45, 2.75) is 38.8 Å². The zero-order chi connectivity index (χ0) is 18.9. The fourth-order valence-corrected chi connectivity index (χ4v) is 1.86. The Morgan fingerprint density at radius 3 is 2.35 bits per heavy atom. The number of amides is 2. The number of rotatable bonds is 9. The molecule has 1 rings (SSSR count). The molecule has 0 radical (unpaired) electrons. The van der Waals surface area contributed by atoms with Gasteiger partial charge in [0.25, 0.3) is 0 Å². The molecule has 150 valence electrons. The number of carbonyl (C=O) groups excluding carboxylic acids is 2. The second-order valence-corrected chi connectivity index (χ2v) is 6.26. The van der Waals surface area contributed by atoms with Crippen molar-refractivity contribution >= 4 is 18.5 Å². The minimum atomic E-state index is -1.13. The molecule has 0 heterocycles. The van der Waals surface area contributed by atoms with Crippen LogP contribution in [-0.4, -0.2) is 48.4 Å². The molecule has 0 bridgehead atoms. The fourth-order valence-electron chi connectivity index (χ4n) is 1.86. The van der Waals surface area contributed by atoms with Gasteiger partial charge in [-0.3, -0.25) is 4.79 Å². The molecule has 0 saturated heterocycles. The van der Waals surface area contributed by atoms with Crippen LogP contribution in [0.4, 0.5) is 4.79 Å². The Bertz CT molecular complexity index is 586. The van der Waals surface area contributed by atoms with Crippen LogP contribution in [0.5, 0.6) is 5.75 Å². The molecule has 8 nitrogen and oxygen atoms in total. The molecule has 0 aromatic heterocycles. The molecule has 0 spiro atoms. The molecule has 0 aliphatic rings. The maximum absolute atomic E-state index is 11.5. The average Bonchev–Trinajstić information content (AvgIpc) is 2.51. The minimum Gasteiger partial charge on any atom is -0.520 e. The third-order valence-corrected chi connectivity index (χ3v) is 2.93. The van der Waals surface area contributed by atoms with Gasteiger partial charge >= 0.3 is 12.1 Å². The van der Waals surface area contributed by atoms with Gasteiger partial charge in [-0.1, -0.05) is 12.1 Å². The molecule has 0 saturated carbocycles. The van der Waals surface area contributed by atoms with Crippen LogP contribution in [0.15, 0.2) is 24.3 Å². The van der Waals surface area contributed by atoms with E-state index in [1.807, 2.05) is 0 Å². The van der Waals surface area contributed by atoms with E-state index in [2.05, 4.69) is 10.6 Å². The summed E-state index contributed by atoms with van der Waals surface area (Å²) in [6.07, 6.45) is 1.02. The molecule has 26 heavy (non-hydrogen) atoms. The number of carboxylic acids is 1. The van der Waals surface area contributed by atoms with Crippen molar-refractivity contribution in [3.05, 3.63) is 29.8 Å². The molecule has 2 amide bonds. The van der Waals surface area contributed by atoms with Crippen LogP contribution in [0.25, 0.3) is 0 Å². The van der Waals surface area contributed by atoms with Gasteiger partial charge in [-0.05, 0) is 38.5 Å². The SMILES string of the molecule is CC(C)(C)OC(=O)NCCOc1ccc(CC(N[C-]=O)C(=O)O)cc1.[Fm]. The molecule has 3 N–H and O–H groups in total. The van der Waals surface area contributed by atoms with Crippen molar-refractivity contribution in [3.63, 3.8) is 0 Å². The number of nitrogens with one attached hydrogen (secondary N) is 2. The van der Waals surface area contributed by atoms with E-state index in [1.54, 1.807) is 45.0 Å². The maximum atomic E-state index is 11.5. The van der Waals surface area contributed by atoms with Gasteiger partial charge in [-0.25, -0.2) is 4.79 Å². The molecule has 9 heteroatoms. The number of hydrogen-bond acceptors (Lipinski definition) is 5.